The molecule has 6 nitrogen and oxygen atoms in total. The molecule has 0 spiro atoms. The molecule has 198 valence electrons. The number of hydrogen-bond donors (Lipinski definition) is 1. The van der Waals surface area contributed by atoms with Crippen molar-refractivity contribution in [3.63, 3.8) is 0 Å². The topological polar surface area (TPSA) is 69.0 Å². The molecule has 0 aliphatic heterocycles. The molecule has 0 unspecified atom stereocenters. The number of para-hydroxylation sites is 1. The number of nitrogens with zero attached hydrogens (tertiary/aromatic N) is 3. The van der Waals surface area contributed by atoms with Gasteiger partial charge in [-0.3, -0.25) is 9.36 Å². The van der Waals surface area contributed by atoms with Gasteiger partial charge in [0.15, 0.2) is 11.0 Å². The molecule has 1 aromatic heterocycles. The maximum absolute atomic E-state index is 13.0. The summed E-state index contributed by atoms with van der Waals surface area (Å²) >= 11 is 1.37. The van der Waals surface area contributed by atoms with Gasteiger partial charge in [0.1, 0.15) is 5.75 Å². The lowest BCUT2D eigenvalue weighted by Gasteiger charge is -2.19. The van der Waals surface area contributed by atoms with Gasteiger partial charge in [-0.25, -0.2) is 0 Å². The highest BCUT2D eigenvalue weighted by Gasteiger charge is 2.19. The first-order chi connectivity index (χ1) is 18.2. The van der Waals surface area contributed by atoms with Gasteiger partial charge in [-0.2, -0.15) is 0 Å². The van der Waals surface area contributed by atoms with Crippen LogP contribution in [0.4, 0.5) is 5.69 Å². The zero-order valence-corrected chi connectivity index (χ0v) is 23.9. The Bertz CT molecular complexity index is 1390. The standard InChI is InChI=1S/C31H36N4O2S/c1-7-22-11-9-10-21(3)28(22)32-27(36)20-38-30-34-33-29(23-12-14-24(15-13-23)31(4,5)6)35(30)25-16-18-26(19-17-25)37-8-2/h9-19H,7-8,20H2,1-6H3,(H,32,36). The minimum absolute atomic E-state index is 0.0600. The van der Waals surface area contributed by atoms with Crippen LogP contribution in [0, 0.1) is 6.92 Å². The Morgan fingerprint density at radius 1 is 0.974 bits per heavy atom. The van der Waals surface area contributed by atoms with Crippen LogP contribution in [0.2, 0.25) is 0 Å². The molecule has 0 fully saturated rings. The average Bonchev–Trinajstić information content (AvgIpc) is 3.33. The lowest BCUT2D eigenvalue weighted by Crippen LogP contribution is -2.16. The fraction of sp³-hybridized carbons (Fsp3) is 0.323. The van der Waals surface area contributed by atoms with Crippen LogP contribution >= 0.6 is 11.8 Å². The van der Waals surface area contributed by atoms with Crippen LogP contribution in [-0.4, -0.2) is 33.0 Å². The molecule has 1 amide bonds. The molecule has 0 saturated carbocycles. The van der Waals surface area contributed by atoms with Crippen LogP contribution in [0.25, 0.3) is 17.1 Å². The molecular weight excluding hydrogens is 492 g/mol. The summed E-state index contributed by atoms with van der Waals surface area (Å²) in [7, 11) is 0. The van der Waals surface area contributed by atoms with E-state index in [1.165, 1.54) is 17.3 Å². The maximum atomic E-state index is 13.0. The van der Waals surface area contributed by atoms with Crippen LogP contribution < -0.4 is 10.1 Å². The zero-order valence-electron chi connectivity index (χ0n) is 23.0. The van der Waals surface area contributed by atoms with Crippen molar-refractivity contribution in [2.24, 2.45) is 0 Å². The van der Waals surface area contributed by atoms with Gasteiger partial charge in [-0.1, -0.05) is 81.9 Å². The van der Waals surface area contributed by atoms with Gasteiger partial charge in [0.25, 0.3) is 0 Å². The van der Waals surface area contributed by atoms with Gasteiger partial charge in [-0.15, -0.1) is 10.2 Å². The van der Waals surface area contributed by atoms with Crippen LogP contribution in [0.3, 0.4) is 0 Å². The summed E-state index contributed by atoms with van der Waals surface area (Å²) in [6.07, 6.45) is 0.855. The van der Waals surface area contributed by atoms with Gasteiger partial charge >= 0.3 is 0 Å². The molecule has 0 saturated heterocycles. The minimum atomic E-state index is -0.0728. The summed E-state index contributed by atoms with van der Waals surface area (Å²) in [6.45, 7) is 13.3. The van der Waals surface area contributed by atoms with E-state index in [4.69, 9.17) is 4.74 Å². The van der Waals surface area contributed by atoms with Crippen molar-refractivity contribution in [3.8, 4) is 22.8 Å². The van der Waals surface area contributed by atoms with E-state index in [9.17, 15) is 4.79 Å². The molecular formula is C31H36N4O2S. The molecule has 4 aromatic rings. The highest BCUT2D eigenvalue weighted by Crippen LogP contribution is 2.31. The summed E-state index contributed by atoms with van der Waals surface area (Å²) in [5, 5.41) is 12.8. The number of rotatable bonds is 9. The Morgan fingerprint density at radius 2 is 1.68 bits per heavy atom. The molecule has 1 heterocycles. The Morgan fingerprint density at radius 3 is 2.32 bits per heavy atom. The Kier molecular flexibility index (Phi) is 8.57. The number of thioether (sulfide) groups is 1. The van der Waals surface area contributed by atoms with Crippen molar-refractivity contribution >= 4 is 23.4 Å². The third-order valence-electron chi connectivity index (χ3n) is 6.39. The Hall–Kier alpha value is -3.58. The summed E-state index contributed by atoms with van der Waals surface area (Å²) in [6, 6.07) is 22.4. The van der Waals surface area contributed by atoms with Crippen LogP contribution in [0.15, 0.2) is 71.9 Å². The second-order valence-electron chi connectivity index (χ2n) is 10.2. The maximum Gasteiger partial charge on any atom is 0.234 e. The first-order valence-corrected chi connectivity index (χ1v) is 14.0. The average molecular weight is 529 g/mol. The van der Waals surface area contributed by atoms with Gasteiger partial charge in [0.2, 0.25) is 5.91 Å². The quantitative estimate of drug-likeness (QED) is 0.232. The summed E-state index contributed by atoms with van der Waals surface area (Å²) < 4.78 is 7.64. The number of benzene rings is 3. The Balaban J connectivity index is 1.63. The molecule has 0 radical (unpaired) electrons. The number of anilines is 1. The number of carbonyl (C=O) groups excluding carboxylic acids is 1. The van der Waals surface area contributed by atoms with Crippen molar-refractivity contribution in [2.45, 2.75) is 58.5 Å². The largest absolute Gasteiger partial charge is 0.494 e. The van der Waals surface area contributed by atoms with Gasteiger partial charge in [-0.05, 0) is 66.6 Å². The third kappa shape index (κ3) is 6.27. The second-order valence-corrected chi connectivity index (χ2v) is 11.1. The lowest BCUT2D eigenvalue weighted by molar-refractivity contribution is -0.113. The van der Waals surface area contributed by atoms with E-state index in [2.05, 4.69) is 73.5 Å². The first kappa shape index (κ1) is 27.5. The number of hydrogen-bond acceptors (Lipinski definition) is 5. The molecule has 3 aromatic carbocycles. The summed E-state index contributed by atoms with van der Waals surface area (Å²) in [5.74, 6) is 1.68. The van der Waals surface area contributed by atoms with Crippen molar-refractivity contribution < 1.29 is 9.53 Å². The molecule has 0 aliphatic carbocycles. The van der Waals surface area contributed by atoms with E-state index < -0.39 is 0 Å². The molecule has 0 bridgehead atoms. The molecule has 0 atom stereocenters. The highest BCUT2D eigenvalue weighted by atomic mass is 32.2. The monoisotopic (exact) mass is 528 g/mol. The van der Waals surface area contributed by atoms with Crippen molar-refractivity contribution in [1.82, 2.24) is 14.8 Å². The third-order valence-corrected chi connectivity index (χ3v) is 7.31. The summed E-state index contributed by atoms with van der Waals surface area (Å²) in [5.41, 5.74) is 6.26. The second kappa shape index (κ2) is 11.9. The SMILES string of the molecule is CCOc1ccc(-n2c(SCC(=O)Nc3c(C)cccc3CC)nnc2-c2ccc(C(C)(C)C)cc2)cc1. The molecule has 38 heavy (non-hydrogen) atoms. The predicted octanol–water partition coefficient (Wildman–Crippen LogP) is 7.23. The smallest absolute Gasteiger partial charge is 0.234 e. The number of carbonyl (C=O) groups is 1. The fourth-order valence-electron chi connectivity index (χ4n) is 4.27. The number of amides is 1. The molecule has 1 N–H and O–H groups in total. The molecule has 0 aliphatic rings. The number of ether oxygens (including phenoxy) is 1. The number of aryl methyl sites for hydroxylation is 2. The van der Waals surface area contributed by atoms with Gasteiger partial charge < -0.3 is 10.1 Å². The molecule has 4 rings (SSSR count). The van der Waals surface area contributed by atoms with Gasteiger partial charge in [0.05, 0.1) is 12.4 Å². The van der Waals surface area contributed by atoms with Crippen LogP contribution in [0.1, 0.15) is 51.3 Å². The number of aromatic nitrogens is 3. The summed E-state index contributed by atoms with van der Waals surface area (Å²) in [4.78, 5) is 13.0. The van der Waals surface area contributed by atoms with E-state index in [1.54, 1.807) is 0 Å². The van der Waals surface area contributed by atoms with E-state index in [1.807, 2.05) is 54.8 Å². The zero-order chi connectivity index (χ0) is 27.3. The predicted molar refractivity (Wildman–Crippen MR) is 157 cm³/mol. The lowest BCUT2D eigenvalue weighted by atomic mass is 9.87. The number of nitrogens with one attached hydrogen (secondary N) is 1. The minimum Gasteiger partial charge on any atom is -0.494 e. The van der Waals surface area contributed by atoms with Crippen molar-refractivity contribution in [1.29, 1.82) is 0 Å². The fourth-order valence-corrected chi connectivity index (χ4v) is 5.02. The van der Waals surface area contributed by atoms with Crippen LogP contribution in [0.5, 0.6) is 5.75 Å². The van der Waals surface area contributed by atoms with Crippen molar-refractivity contribution in [3.05, 3.63) is 83.4 Å². The van der Waals surface area contributed by atoms with Crippen LogP contribution in [-0.2, 0) is 16.6 Å². The van der Waals surface area contributed by atoms with Gasteiger partial charge in [0, 0.05) is 16.9 Å². The molecule has 7 heteroatoms. The van der Waals surface area contributed by atoms with E-state index in [0.717, 1.165) is 46.1 Å². The normalized spacial score (nSPS) is 11.4. The van der Waals surface area contributed by atoms with E-state index >= 15 is 0 Å². The Labute approximate surface area is 229 Å². The van der Waals surface area contributed by atoms with E-state index in [-0.39, 0.29) is 17.1 Å². The van der Waals surface area contributed by atoms with E-state index in [0.29, 0.717) is 11.8 Å². The van der Waals surface area contributed by atoms with Crippen molar-refractivity contribution in [2.75, 3.05) is 17.7 Å². The first-order valence-electron chi connectivity index (χ1n) is 13.0. The highest BCUT2D eigenvalue weighted by molar-refractivity contribution is 7.99.